The van der Waals surface area contributed by atoms with Crippen molar-refractivity contribution in [2.24, 2.45) is 0 Å². The maximum absolute atomic E-state index is 13.2. The van der Waals surface area contributed by atoms with Gasteiger partial charge in [0.1, 0.15) is 16.8 Å². The average molecular weight is 440 g/mol. The highest BCUT2D eigenvalue weighted by Crippen LogP contribution is 2.29. The lowest BCUT2D eigenvalue weighted by atomic mass is 10.0. The van der Waals surface area contributed by atoms with E-state index in [0.717, 1.165) is 16.9 Å². The minimum Gasteiger partial charge on any atom is -0.497 e. The van der Waals surface area contributed by atoms with Crippen molar-refractivity contribution in [2.45, 2.75) is 12.6 Å². The summed E-state index contributed by atoms with van der Waals surface area (Å²) < 4.78 is 5.20. The van der Waals surface area contributed by atoms with Gasteiger partial charge in [-0.15, -0.1) is 0 Å². The number of nitro groups is 1. The van der Waals surface area contributed by atoms with Gasteiger partial charge in [0.2, 0.25) is 5.91 Å². The monoisotopic (exact) mass is 439 g/mol. The number of carbonyl (C=O) groups is 1. The first-order valence-corrected chi connectivity index (χ1v) is 9.89. The van der Waals surface area contributed by atoms with Crippen molar-refractivity contribution in [3.05, 3.63) is 99.1 Å². The molecule has 3 aromatic rings. The third-order valence-electron chi connectivity index (χ3n) is 4.81. The van der Waals surface area contributed by atoms with Crippen molar-refractivity contribution >= 4 is 28.9 Å². The van der Waals surface area contributed by atoms with Crippen LogP contribution in [0.25, 0.3) is 0 Å². The van der Waals surface area contributed by atoms with Crippen molar-refractivity contribution in [1.29, 1.82) is 0 Å². The number of carbonyl (C=O) groups excluding carboxylic acids is 1. The number of likely N-dealkylation sites (N-methyl/N-ethyl adjacent to an activating group) is 1. The van der Waals surface area contributed by atoms with Crippen LogP contribution in [0.15, 0.2) is 72.8 Å². The van der Waals surface area contributed by atoms with Gasteiger partial charge in [0.25, 0.3) is 5.69 Å². The molecular formula is C23H22ClN3O4. The fraction of sp³-hybridized carbons (Fsp3) is 0.174. The standard InChI is InChI=1S/C23H22ClN3O4/c1-26(15-16-8-11-19(31-2)12-9-16)22(17-6-4-3-5-7-17)23(28)25-18-10-13-20(24)21(14-18)27(29)30/h3-14,22H,15H2,1-2H3,(H,25,28). The number of benzene rings is 3. The Labute approximate surface area is 185 Å². The van der Waals surface area contributed by atoms with Crippen molar-refractivity contribution in [2.75, 3.05) is 19.5 Å². The van der Waals surface area contributed by atoms with Gasteiger partial charge in [-0.1, -0.05) is 54.1 Å². The maximum atomic E-state index is 13.2. The van der Waals surface area contributed by atoms with E-state index in [1.54, 1.807) is 13.2 Å². The van der Waals surface area contributed by atoms with E-state index in [4.69, 9.17) is 16.3 Å². The molecule has 0 aliphatic heterocycles. The minimum atomic E-state index is -0.613. The van der Waals surface area contributed by atoms with Gasteiger partial charge in [-0.05, 0) is 42.4 Å². The van der Waals surface area contributed by atoms with E-state index < -0.39 is 11.0 Å². The number of nitrogens with one attached hydrogen (secondary N) is 1. The normalized spacial score (nSPS) is 11.7. The molecule has 1 amide bonds. The number of halogens is 1. The number of amides is 1. The van der Waals surface area contributed by atoms with Crippen molar-refractivity contribution in [3.63, 3.8) is 0 Å². The fourth-order valence-corrected chi connectivity index (χ4v) is 3.48. The largest absolute Gasteiger partial charge is 0.497 e. The number of hydrogen-bond donors (Lipinski definition) is 1. The van der Waals surface area contributed by atoms with Gasteiger partial charge in [0.05, 0.1) is 12.0 Å². The zero-order valence-corrected chi connectivity index (χ0v) is 17.9. The van der Waals surface area contributed by atoms with Gasteiger partial charge in [-0.2, -0.15) is 0 Å². The molecule has 0 radical (unpaired) electrons. The molecule has 0 bridgehead atoms. The third-order valence-corrected chi connectivity index (χ3v) is 5.13. The summed E-state index contributed by atoms with van der Waals surface area (Å²) >= 11 is 5.88. The summed E-state index contributed by atoms with van der Waals surface area (Å²) in [6.07, 6.45) is 0. The number of ether oxygens (including phenoxy) is 1. The summed E-state index contributed by atoms with van der Waals surface area (Å²) in [4.78, 5) is 25.7. The molecule has 3 aromatic carbocycles. The van der Waals surface area contributed by atoms with Gasteiger partial charge >= 0.3 is 0 Å². The lowest BCUT2D eigenvalue weighted by Crippen LogP contribution is -2.34. The first kappa shape index (κ1) is 22.3. The minimum absolute atomic E-state index is 0.0132. The van der Waals surface area contributed by atoms with Crippen LogP contribution in [-0.2, 0) is 11.3 Å². The zero-order valence-electron chi connectivity index (χ0n) is 17.1. The Morgan fingerprint density at radius 2 is 1.81 bits per heavy atom. The molecule has 8 heteroatoms. The molecule has 0 aromatic heterocycles. The predicted octanol–water partition coefficient (Wildman–Crippen LogP) is 5.07. The molecule has 0 spiro atoms. The van der Waals surface area contributed by atoms with E-state index in [0.29, 0.717) is 12.2 Å². The quantitative estimate of drug-likeness (QED) is 0.391. The maximum Gasteiger partial charge on any atom is 0.289 e. The first-order valence-electron chi connectivity index (χ1n) is 9.52. The number of hydrogen-bond acceptors (Lipinski definition) is 5. The summed E-state index contributed by atoms with van der Waals surface area (Å²) in [7, 11) is 3.46. The van der Waals surface area contributed by atoms with Crippen LogP contribution in [0.3, 0.4) is 0 Å². The van der Waals surface area contributed by atoms with Crippen molar-refractivity contribution in [1.82, 2.24) is 4.90 Å². The number of nitrogens with zero attached hydrogens (tertiary/aromatic N) is 2. The smallest absolute Gasteiger partial charge is 0.289 e. The number of methoxy groups -OCH3 is 1. The molecule has 0 fully saturated rings. The van der Waals surface area contributed by atoms with Crippen LogP contribution < -0.4 is 10.1 Å². The topological polar surface area (TPSA) is 84.7 Å². The number of nitro benzene ring substituents is 1. The molecule has 3 rings (SSSR count). The van der Waals surface area contributed by atoms with Gasteiger partial charge < -0.3 is 10.1 Å². The van der Waals surface area contributed by atoms with Crippen LogP contribution in [0.4, 0.5) is 11.4 Å². The molecule has 160 valence electrons. The summed E-state index contributed by atoms with van der Waals surface area (Å²) in [5, 5.41) is 14.0. The Hall–Kier alpha value is -3.42. The van der Waals surface area contributed by atoms with Gasteiger partial charge in [-0.3, -0.25) is 19.8 Å². The highest BCUT2D eigenvalue weighted by Gasteiger charge is 2.26. The van der Waals surface area contributed by atoms with E-state index in [-0.39, 0.29) is 16.6 Å². The molecule has 31 heavy (non-hydrogen) atoms. The molecule has 1 unspecified atom stereocenters. The number of anilines is 1. The molecule has 7 nitrogen and oxygen atoms in total. The summed E-state index contributed by atoms with van der Waals surface area (Å²) in [5.41, 5.74) is 1.86. The van der Waals surface area contributed by atoms with E-state index in [1.165, 1.54) is 12.1 Å². The SMILES string of the molecule is COc1ccc(CN(C)C(C(=O)Nc2ccc(Cl)c([N+](=O)[O-])c2)c2ccccc2)cc1. The molecule has 0 aliphatic carbocycles. The molecule has 0 heterocycles. The molecule has 1 atom stereocenters. The Balaban J connectivity index is 1.85. The van der Waals surface area contributed by atoms with Crippen LogP contribution in [0.5, 0.6) is 5.75 Å². The lowest BCUT2D eigenvalue weighted by Gasteiger charge is -2.27. The average Bonchev–Trinajstić information content (AvgIpc) is 2.76. The number of rotatable bonds is 8. The Morgan fingerprint density at radius 3 is 2.42 bits per heavy atom. The molecule has 0 saturated heterocycles. The summed E-state index contributed by atoms with van der Waals surface area (Å²) in [6, 6.07) is 20.6. The van der Waals surface area contributed by atoms with Crippen molar-refractivity contribution in [3.8, 4) is 5.75 Å². The van der Waals surface area contributed by atoms with Gasteiger partial charge in [0, 0.05) is 18.3 Å². The Bertz CT molecular complexity index is 1060. The van der Waals surface area contributed by atoms with E-state index in [9.17, 15) is 14.9 Å². The predicted molar refractivity (Wildman–Crippen MR) is 120 cm³/mol. The van der Waals surface area contributed by atoms with E-state index >= 15 is 0 Å². The highest BCUT2D eigenvalue weighted by molar-refractivity contribution is 6.32. The molecule has 1 N–H and O–H groups in total. The summed E-state index contributed by atoms with van der Waals surface area (Å²) in [5.74, 6) is 0.451. The van der Waals surface area contributed by atoms with E-state index in [1.807, 2.05) is 66.5 Å². The van der Waals surface area contributed by atoms with E-state index in [2.05, 4.69) is 5.32 Å². The molecular weight excluding hydrogens is 418 g/mol. The van der Waals surface area contributed by atoms with Crippen LogP contribution in [0.1, 0.15) is 17.2 Å². The van der Waals surface area contributed by atoms with Crippen LogP contribution in [0, 0.1) is 10.1 Å². The Kier molecular flexibility index (Phi) is 7.23. The van der Waals surface area contributed by atoms with Crippen molar-refractivity contribution < 1.29 is 14.5 Å². The van der Waals surface area contributed by atoms with Crippen LogP contribution in [0.2, 0.25) is 5.02 Å². The van der Waals surface area contributed by atoms with Gasteiger partial charge in [-0.25, -0.2) is 0 Å². The lowest BCUT2D eigenvalue weighted by molar-refractivity contribution is -0.384. The summed E-state index contributed by atoms with van der Waals surface area (Å²) in [6.45, 7) is 0.512. The first-order chi connectivity index (χ1) is 14.9. The third kappa shape index (κ3) is 5.59. The van der Waals surface area contributed by atoms with Gasteiger partial charge in [0.15, 0.2) is 0 Å². The molecule has 0 aliphatic rings. The van der Waals surface area contributed by atoms with Crippen LogP contribution >= 0.6 is 11.6 Å². The molecule has 0 saturated carbocycles. The second kappa shape index (κ2) is 10.1. The second-order valence-electron chi connectivity index (χ2n) is 6.99. The highest BCUT2D eigenvalue weighted by atomic mass is 35.5. The fourth-order valence-electron chi connectivity index (χ4n) is 3.29. The Morgan fingerprint density at radius 1 is 1.13 bits per heavy atom. The zero-order chi connectivity index (χ0) is 22.4. The second-order valence-corrected chi connectivity index (χ2v) is 7.40. The van der Waals surface area contributed by atoms with Crippen LogP contribution in [-0.4, -0.2) is 29.9 Å².